The highest BCUT2D eigenvalue weighted by atomic mass is 16.6. The lowest BCUT2D eigenvalue weighted by atomic mass is 9.92. The first-order valence-corrected chi connectivity index (χ1v) is 9.06. The van der Waals surface area contributed by atoms with Crippen LogP contribution in [0, 0.1) is 5.92 Å². The van der Waals surface area contributed by atoms with Gasteiger partial charge in [0.25, 0.3) is 0 Å². The van der Waals surface area contributed by atoms with E-state index >= 15 is 0 Å². The lowest BCUT2D eigenvalue weighted by Crippen LogP contribution is -2.49. The molecule has 1 saturated carbocycles. The Labute approximate surface area is 141 Å². The smallest absolute Gasteiger partial charge is 0.410 e. The summed E-state index contributed by atoms with van der Waals surface area (Å²) in [6, 6.07) is 1.15. The summed E-state index contributed by atoms with van der Waals surface area (Å²) in [5.41, 5.74) is -0.426. The molecule has 2 rings (SSSR count). The Hall–Kier alpha value is -0.810. The number of hydrogen-bond donors (Lipinski definition) is 1. The van der Waals surface area contributed by atoms with Crippen LogP contribution in [0.1, 0.15) is 59.8 Å². The van der Waals surface area contributed by atoms with E-state index in [1.807, 2.05) is 25.7 Å². The second-order valence-electron chi connectivity index (χ2n) is 8.11. The summed E-state index contributed by atoms with van der Waals surface area (Å²) in [4.78, 5) is 14.5. The van der Waals surface area contributed by atoms with Crippen LogP contribution in [-0.4, -0.2) is 55.0 Å². The number of amides is 1. The molecule has 1 saturated heterocycles. The molecule has 5 nitrogen and oxygen atoms in total. The van der Waals surface area contributed by atoms with E-state index in [-0.39, 0.29) is 6.09 Å². The molecular formula is C18H34N2O3. The van der Waals surface area contributed by atoms with Gasteiger partial charge in [-0.05, 0) is 59.3 Å². The van der Waals surface area contributed by atoms with Gasteiger partial charge in [0.1, 0.15) is 5.60 Å². The molecule has 1 heterocycles. The van der Waals surface area contributed by atoms with Gasteiger partial charge < -0.3 is 19.7 Å². The second kappa shape index (κ2) is 7.84. The van der Waals surface area contributed by atoms with Gasteiger partial charge in [0.05, 0.1) is 6.61 Å². The first-order valence-electron chi connectivity index (χ1n) is 9.06. The van der Waals surface area contributed by atoms with Crippen LogP contribution in [0.15, 0.2) is 0 Å². The number of nitrogens with zero attached hydrogens (tertiary/aromatic N) is 1. The SMILES string of the molecule is COCC(C)NC1CCCC1C1CCCN1C(=O)OC(C)(C)C. The van der Waals surface area contributed by atoms with E-state index in [1.165, 1.54) is 19.3 Å². The number of carbonyl (C=O) groups excluding carboxylic acids is 1. The average molecular weight is 326 g/mol. The van der Waals surface area contributed by atoms with Gasteiger partial charge in [0.15, 0.2) is 0 Å². The lowest BCUT2D eigenvalue weighted by Gasteiger charge is -2.35. The van der Waals surface area contributed by atoms with Gasteiger partial charge in [-0.1, -0.05) is 6.42 Å². The molecule has 23 heavy (non-hydrogen) atoms. The quantitative estimate of drug-likeness (QED) is 0.843. The number of nitrogens with one attached hydrogen (secondary N) is 1. The molecule has 134 valence electrons. The minimum absolute atomic E-state index is 0.143. The predicted octanol–water partition coefficient (Wildman–Crippen LogP) is 3.18. The molecular weight excluding hydrogens is 292 g/mol. The monoisotopic (exact) mass is 326 g/mol. The Balaban J connectivity index is 1.99. The molecule has 1 N–H and O–H groups in total. The van der Waals surface area contributed by atoms with Gasteiger partial charge in [-0.15, -0.1) is 0 Å². The highest BCUT2D eigenvalue weighted by Crippen LogP contribution is 2.36. The molecule has 0 aromatic heterocycles. The third-order valence-corrected chi connectivity index (χ3v) is 4.91. The van der Waals surface area contributed by atoms with Crippen molar-refractivity contribution in [3.63, 3.8) is 0 Å². The molecule has 0 radical (unpaired) electrons. The van der Waals surface area contributed by atoms with E-state index in [4.69, 9.17) is 9.47 Å². The van der Waals surface area contributed by atoms with Crippen molar-refractivity contribution in [2.75, 3.05) is 20.3 Å². The summed E-state index contributed by atoms with van der Waals surface area (Å²) in [6.07, 6.45) is 5.66. The third-order valence-electron chi connectivity index (χ3n) is 4.91. The van der Waals surface area contributed by atoms with E-state index in [0.29, 0.717) is 24.0 Å². The van der Waals surface area contributed by atoms with Crippen LogP contribution < -0.4 is 5.32 Å². The number of carbonyl (C=O) groups is 1. The normalized spacial score (nSPS) is 29.8. The van der Waals surface area contributed by atoms with Crippen LogP contribution in [0.25, 0.3) is 0 Å². The molecule has 0 aromatic rings. The fraction of sp³-hybridized carbons (Fsp3) is 0.944. The van der Waals surface area contributed by atoms with Crippen molar-refractivity contribution in [2.24, 2.45) is 5.92 Å². The van der Waals surface area contributed by atoms with Crippen LogP contribution in [-0.2, 0) is 9.47 Å². The summed E-state index contributed by atoms with van der Waals surface area (Å²) in [5, 5.41) is 3.71. The molecule has 0 aromatic carbocycles. The van der Waals surface area contributed by atoms with Crippen molar-refractivity contribution >= 4 is 6.09 Å². The molecule has 1 amide bonds. The number of rotatable bonds is 5. The molecule has 5 heteroatoms. The fourth-order valence-electron chi connectivity index (χ4n) is 4.10. The van der Waals surface area contributed by atoms with Crippen LogP contribution >= 0.6 is 0 Å². The van der Waals surface area contributed by atoms with Gasteiger partial charge in [0, 0.05) is 31.8 Å². The average Bonchev–Trinajstić information content (AvgIpc) is 3.04. The highest BCUT2D eigenvalue weighted by Gasteiger charge is 2.42. The zero-order valence-electron chi connectivity index (χ0n) is 15.4. The van der Waals surface area contributed by atoms with Crippen molar-refractivity contribution in [3.8, 4) is 0 Å². The highest BCUT2D eigenvalue weighted by molar-refractivity contribution is 5.69. The number of hydrogen-bond acceptors (Lipinski definition) is 4. The maximum atomic E-state index is 12.5. The van der Waals surface area contributed by atoms with Crippen LogP contribution in [0.5, 0.6) is 0 Å². The van der Waals surface area contributed by atoms with Crippen molar-refractivity contribution < 1.29 is 14.3 Å². The summed E-state index contributed by atoms with van der Waals surface area (Å²) >= 11 is 0. The number of likely N-dealkylation sites (tertiary alicyclic amines) is 1. The Morgan fingerprint density at radius 2 is 2.00 bits per heavy atom. The van der Waals surface area contributed by atoms with Crippen LogP contribution in [0.4, 0.5) is 4.79 Å². The molecule has 4 atom stereocenters. The van der Waals surface area contributed by atoms with Gasteiger partial charge in [-0.25, -0.2) is 4.79 Å². The van der Waals surface area contributed by atoms with Gasteiger partial charge >= 0.3 is 6.09 Å². The standard InChI is InChI=1S/C18H34N2O3/c1-13(12-22-5)19-15-9-6-8-14(15)16-10-7-11-20(16)17(21)23-18(2,3)4/h13-16,19H,6-12H2,1-5H3. The second-order valence-corrected chi connectivity index (χ2v) is 8.11. The van der Waals surface area contributed by atoms with Crippen molar-refractivity contribution in [1.82, 2.24) is 10.2 Å². The Morgan fingerprint density at radius 1 is 1.26 bits per heavy atom. The van der Waals surface area contributed by atoms with E-state index in [2.05, 4.69) is 12.2 Å². The van der Waals surface area contributed by atoms with Crippen LogP contribution in [0.2, 0.25) is 0 Å². The first kappa shape index (κ1) is 18.5. The van der Waals surface area contributed by atoms with E-state index < -0.39 is 5.60 Å². The van der Waals surface area contributed by atoms with Gasteiger partial charge in [-0.3, -0.25) is 0 Å². The molecule has 0 bridgehead atoms. The summed E-state index contributed by atoms with van der Waals surface area (Å²) < 4.78 is 10.9. The largest absolute Gasteiger partial charge is 0.444 e. The molecule has 4 unspecified atom stereocenters. The van der Waals surface area contributed by atoms with Crippen molar-refractivity contribution in [2.45, 2.75) is 83.5 Å². The van der Waals surface area contributed by atoms with E-state index in [9.17, 15) is 4.79 Å². The fourth-order valence-corrected chi connectivity index (χ4v) is 4.10. The Bertz CT molecular complexity index is 394. The number of methoxy groups -OCH3 is 1. The Morgan fingerprint density at radius 3 is 2.65 bits per heavy atom. The molecule has 2 fully saturated rings. The molecule has 1 aliphatic heterocycles. The molecule has 2 aliphatic rings. The maximum absolute atomic E-state index is 12.5. The zero-order chi connectivity index (χ0) is 17.0. The molecule has 1 aliphatic carbocycles. The summed E-state index contributed by atoms with van der Waals surface area (Å²) in [7, 11) is 1.74. The maximum Gasteiger partial charge on any atom is 0.410 e. The third kappa shape index (κ3) is 5.08. The minimum atomic E-state index is -0.426. The van der Waals surface area contributed by atoms with E-state index in [0.717, 1.165) is 26.0 Å². The topological polar surface area (TPSA) is 50.8 Å². The zero-order valence-corrected chi connectivity index (χ0v) is 15.4. The van der Waals surface area contributed by atoms with Gasteiger partial charge in [0.2, 0.25) is 0 Å². The predicted molar refractivity (Wildman–Crippen MR) is 91.6 cm³/mol. The lowest BCUT2D eigenvalue weighted by molar-refractivity contribution is 0.0163. The van der Waals surface area contributed by atoms with E-state index in [1.54, 1.807) is 7.11 Å². The Kier molecular flexibility index (Phi) is 6.32. The summed E-state index contributed by atoms with van der Waals surface area (Å²) in [5.74, 6) is 0.532. The van der Waals surface area contributed by atoms with Crippen molar-refractivity contribution in [1.29, 1.82) is 0 Å². The minimum Gasteiger partial charge on any atom is -0.444 e. The molecule has 0 spiro atoms. The summed E-state index contributed by atoms with van der Waals surface area (Å²) in [6.45, 7) is 9.52. The number of ether oxygens (including phenoxy) is 2. The van der Waals surface area contributed by atoms with Crippen LogP contribution in [0.3, 0.4) is 0 Å². The van der Waals surface area contributed by atoms with Crippen molar-refractivity contribution in [3.05, 3.63) is 0 Å². The van der Waals surface area contributed by atoms with Gasteiger partial charge in [-0.2, -0.15) is 0 Å². The first-order chi connectivity index (χ1) is 10.8.